The number of pyridine rings is 1. The summed E-state index contributed by atoms with van der Waals surface area (Å²) in [6, 6.07) is 6.25. The van der Waals surface area contributed by atoms with Gasteiger partial charge in [0.15, 0.2) is 5.75 Å². The van der Waals surface area contributed by atoms with Crippen molar-refractivity contribution in [3.63, 3.8) is 0 Å². The van der Waals surface area contributed by atoms with Crippen molar-refractivity contribution >= 4 is 23.2 Å². The molecule has 0 aliphatic rings. The first-order chi connectivity index (χ1) is 13.3. The number of anilines is 1. The molecule has 1 aromatic carbocycles. The van der Waals surface area contributed by atoms with Crippen molar-refractivity contribution in [1.82, 2.24) is 4.98 Å². The fraction of sp³-hybridized carbons (Fsp3) is 0.294. The van der Waals surface area contributed by atoms with Crippen LogP contribution < -0.4 is 10.1 Å². The standard InChI is InChI=1S/C17H18N4O7/c1-3-12(19-16-7-5-13(9-18-16)20(23)24)10-28-17(22)11-4-6-15(27-2)14(8-11)21(25)26/h4-9,12H,3,10H2,1-2H3,(H,18,19). The molecule has 2 aromatic rings. The minimum absolute atomic E-state index is 0.0200. The van der Waals surface area contributed by atoms with Crippen LogP contribution >= 0.6 is 0 Å². The number of nitrogens with one attached hydrogen (secondary N) is 1. The molecule has 0 saturated carbocycles. The predicted octanol–water partition coefficient (Wildman–Crippen LogP) is 2.95. The lowest BCUT2D eigenvalue weighted by Crippen LogP contribution is -2.26. The van der Waals surface area contributed by atoms with Gasteiger partial charge in [0, 0.05) is 12.1 Å². The van der Waals surface area contributed by atoms with Crippen LogP contribution in [0.4, 0.5) is 17.2 Å². The molecule has 0 radical (unpaired) electrons. The van der Waals surface area contributed by atoms with Gasteiger partial charge in [0.1, 0.15) is 18.6 Å². The molecule has 1 unspecified atom stereocenters. The molecule has 0 amide bonds. The van der Waals surface area contributed by atoms with Crippen molar-refractivity contribution in [2.24, 2.45) is 0 Å². The number of nitrogens with zero attached hydrogens (tertiary/aromatic N) is 3. The molecule has 0 saturated heterocycles. The van der Waals surface area contributed by atoms with Crippen LogP contribution in [-0.4, -0.2) is 40.6 Å². The molecule has 1 N–H and O–H groups in total. The Hall–Kier alpha value is -3.76. The maximum Gasteiger partial charge on any atom is 0.338 e. The van der Waals surface area contributed by atoms with Gasteiger partial charge in [0.25, 0.3) is 5.69 Å². The fourth-order valence-electron chi connectivity index (χ4n) is 2.27. The van der Waals surface area contributed by atoms with Crippen molar-refractivity contribution < 1.29 is 24.1 Å². The number of hydrogen-bond acceptors (Lipinski definition) is 9. The summed E-state index contributed by atoms with van der Waals surface area (Å²) in [5.74, 6) is -0.282. The van der Waals surface area contributed by atoms with Crippen LogP contribution in [0.25, 0.3) is 0 Å². The number of carbonyl (C=O) groups is 1. The van der Waals surface area contributed by atoms with E-state index in [2.05, 4.69) is 10.3 Å². The van der Waals surface area contributed by atoms with Crippen LogP contribution in [-0.2, 0) is 4.74 Å². The lowest BCUT2D eigenvalue weighted by molar-refractivity contribution is -0.385. The van der Waals surface area contributed by atoms with E-state index in [0.717, 1.165) is 12.3 Å². The van der Waals surface area contributed by atoms with Gasteiger partial charge in [-0.05, 0) is 24.6 Å². The summed E-state index contributed by atoms with van der Waals surface area (Å²) >= 11 is 0. The summed E-state index contributed by atoms with van der Waals surface area (Å²) in [5.41, 5.74) is -0.445. The number of hydrogen-bond donors (Lipinski definition) is 1. The van der Waals surface area contributed by atoms with Crippen LogP contribution in [0.15, 0.2) is 36.5 Å². The third-order valence-corrected chi connectivity index (χ3v) is 3.83. The molecule has 0 fully saturated rings. The number of aromatic nitrogens is 1. The zero-order valence-corrected chi connectivity index (χ0v) is 15.2. The Balaban J connectivity index is 2.00. The molecule has 1 atom stereocenters. The average Bonchev–Trinajstić information content (AvgIpc) is 2.70. The molecule has 0 spiro atoms. The Kier molecular flexibility index (Phi) is 6.79. The van der Waals surface area contributed by atoms with E-state index in [4.69, 9.17) is 9.47 Å². The second-order valence-corrected chi connectivity index (χ2v) is 5.65. The quantitative estimate of drug-likeness (QED) is 0.387. The number of nitro benzene ring substituents is 1. The molecule has 11 nitrogen and oxygen atoms in total. The maximum atomic E-state index is 12.2. The third-order valence-electron chi connectivity index (χ3n) is 3.83. The fourth-order valence-corrected chi connectivity index (χ4v) is 2.27. The number of carbonyl (C=O) groups excluding carboxylic acids is 1. The van der Waals surface area contributed by atoms with Crippen LogP contribution in [0, 0.1) is 20.2 Å². The van der Waals surface area contributed by atoms with Gasteiger partial charge in [0.05, 0.1) is 28.6 Å². The topological polar surface area (TPSA) is 147 Å². The monoisotopic (exact) mass is 390 g/mol. The van der Waals surface area contributed by atoms with Crippen LogP contribution in [0.3, 0.4) is 0 Å². The van der Waals surface area contributed by atoms with E-state index in [0.29, 0.717) is 12.2 Å². The second-order valence-electron chi connectivity index (χ2n) is 5.65. The normalized spacial score (nSPS) is 11.4. The van der Waals surface area contributed by atoms with E-state index < -0.39 is 15.8 Å². The van der Waals surface area contributed by atoms with E-state index in [1.54, 1.807) is 0 Å². The number of esters is 1. The summed E-state index contributed by atoms with van der Waals surface area (Å²) in [5, 5.41) is 24.7. The largest absolute Gasteiger partial charge is 0.490 e. The number of methoxy groups -OCH3 is 1. The number of nitro groups is 2. The number of ether oxygens (including phenoxy) is 2. The first-order valence-corrected chi connectivity index (χ1v) is 8.22. The van der Waals surface area contributed by atoms with Crippen molar-refractivity contribution in [3.8, 4) is 5.75 Å². The lowest BCUT2D eigenvalue weighted by Gasteiger charge is -2.17. The molecule has 1 heterocycles. The van der Waals surface area contributed by atoms with Crippen molar-refractivity contribution in [3.05, 3.63) is 62.3 Å². The summed E-state index contributed by atoms with van der Waals surface area (Å²) in [7, 11) is 1.30. The van der Waals surface area contributed by atoms with E-state index in [9.17, 15) is 25.0 Å². The lowest BCUT2D eigenvalue weighted by atomic mass is 10.2. The van der Waals surface area contributed by atoms with Crippen molar-refractivity contribution in [2.75, 3.05) is 19.0 Å². The van der Waals surface area contributed by atoms with E-state index in [1.807, 2.05) is 6.92 Å². The highest BCUT2D eigenvalue weighted by atomic mass is 16.6. The van der Waals surface area contributed by atoms with Gasteiger partial charge in [-0.15, -0.1) is 0 Å². The Bertz CT molecular complexity index is 870. The summed E-state index contributed by atoms with van der Waals surface area (Å²) < 4.78 is 10.1. The van der Waals surface area contributed by atoms with Crippen molar-refractivity contribution in [1.29, 1.82) is 0 Å². The molecule has 0 aliphatic carbocycles. The molecular weight excluding hydrogens is 372 g/mol. The number of rotatable bonds is 9. The first-order valence-electron chi connectivity index (χ1n) is 8.22. The summed E-state index contributed by atoms with van der Waals surface area (Å²) in [6.07, 6.45) is 1.70. The van der Waals surface area contributed by atoms with Crippen LogP contribution in [0.1, 0.15) is 23.7 Å². The van der Waals surface area contributed by atoms with Gasteiger partial charge < -0.3 is 14.8 Å². The molecule has 1 aromatic heterocycles. The molecule has 148 valence electrons. The molecule has 0 bridgehead atoms. The van der Waals surface area contributed by atoms with Crippen LogP contribution in [0.2, 0.25) is 0 Å². The average molecular weight is 390 g/mol. The number of benzene rings is 1. The van der Waals surface area contributed by atoms with Gasteiger partial charge in [-0.1, -0.05) is 6.92 Å². The summed E-state index contributed by atoms with van der Waals surface area (Å²) in [6.45, 7) is 1.84. The first kappa shape index (κ1) is 20.6. The Morgan fingerprint density at radius 2 is 1.96 bits per heavy atom. The Labute approximate surface area is 159 Å². The smallest absolute Gasteiger partial charge is 0.338 e. The van der Waals surface area contributed by atoms with E-state index in [-0.39, 0.29) is 35.3 Å². The highest BCUT2D eigenvalue weighted by Crippen LogP contribution is 2.27. The molecule has 0 aliphatic heterocycles. The van der Waals surface area contributed by atoms with Gasteiger partial charge in [-0.3, -0.25) is 20.2 Å². The van der Waals surface area contributed by atoms with E-state index >= 15 is 0 Å². The van der Waals surface area contributed by atoms with Gasteiger partial charge in [-0.25, -0.2) is 9.78 Å². The predicted molar refractivity (Wildman–Crippen MR) is 98.5 cm³/mol. The highest BCUT2D eigenvalue weighted by Gasteiger charge is 2.20. The molecule has 2 rings (SSSR count). The minimum Gasteiger partial charge on any atom is -0.490 e. The van der Waals surface area contributed by atoms with Gasteiger partial charge >= 0.3 is 11.7 Å². The SMILES string of the molecule is CCC(COC(=O)c1ccc(OC)c([N+](=O)[O-])c1)Nc1ccc([N+](=O)[O-])cn1. The zero-order chi connectivity index (χ0) is 20.7. The van der Waals surface area contributed by atoms with E-state index in [1.165, 1.54) is 31.4 Å². The summed E-state index contributed by atoms with van der Waals surface area (Å²) in [4.78, 5) is 36.6. The third kappa shape index (κ3) is 5.13. The van der Waals surface area contributed by atoms with Gasteiger partial charge in [0.2, 0.25) is 0 Å². The zero-order valence-electron chi connectivity index (χ0n) is 15.2. The van der Waals surface area contributed by atoms with Crippen molar-refractivity contribution in [2.45, 2.75) is 19.4 Å². The Morgan fingerprint density at radius 1 is 1.21 bits per heavy atom. The molecule has 28 heavy (non-hydrogen) atoms. The van der Waals surface area contributed by atoms with Crippen LogP contribution in [0.5, 0.6) is 5.75 Å². The second kappa shape index (κ2) is 9.26. The highest BCUT2D eigenvalue weighted by molar-refractivity contribution is 5.90. The maximum absolute atomic E-state index is 12.2. The molecular formula is C17H18N4O7. The Morgan fingerprint density at radius 3 is 2.50 bits per heavy atom. The molecule has 11 heteroatoms. The minimum atomic E-state index is -0.720. The van der Waals surface area contributed by atoms with Gasteiger partial charge in [-0.2, -0.15) is 0 Å².